The molecule has 5 nitrogen and oxygen atoms in total. The molecule has 1 fully saturated rings. The summed E-state index contributed by atoms with van der Waals surface area (Å²) in [6, 6.07) is 35.2. The second kappa shape index (κ2) is 11.9. The summed E-state index contributed by atoms with van der Waals surface area (Å²) in [6.45, 7) is 4.68. The molecule has 0 saturated carbocycles. The topological polar surface area (TPSA) is 56.8 Å². The Balaban J connectivity index is 1.51. The molecule has 2 aliphatic heterocycles. The van der Waals surface area contributed by atoms with Gasteiger partial charge in [-0.05, 0) is 23.8 Å². The minimum absolute atomic E-state index is 0.251. The zero-order valence-corrected chi connectivity index (χ0v) is 26.8. The van der Waals surface area contributed by atoms with E-state index in [0.29, 0.717) is 41.5 Å². The van der Waals surface area contributed by atoms with Gasteiger partial charge in [-0.2, -0.15) is 0 Å². The number of hydrogen-bond donors (Lipinski definition) is 1. The molecule has 0 bridgehead atoms. The van der Waals surface area contributed by atoms with Crippen LogP contribution in [0.1, 0.15) is 37.4 Å². The highest BCUT2D eigenvalue weighted by molar-refractivity contribution is 8.20. The fourth-order valence-electron chi connectivity index (χ4n) is 5.20. The van der Waals surface area contributed by atoms with Gasteiger partial charge in [0.05, 0.1) is 19.4 Å². The van der Waals surface area contributed by atoms with Crippen molar-refractivity contribution in [2.75, 3.05) is 13.2 Å². The summed E-state index contributed by atoms with van der Waals surface area (Å²) >= 11 is 13.1. The van der Waals surface area contributed by atoms with Crippen LogP contribution in [0.3, 0.4) is 0 Å². The van der Waals surface area contributed by atoms with Crippen LogP contribution in [0.4, 0.5) is 0 Å². The van der Waals surface area contributed by atoms with E-state index in [0.717, 1.165) is 21.7 Å². The molecule has 0 aromatic heterocycles. The first-order chi connectivity index (χ1) is 20.2. The molecule has 0 aliphatic carbocycles. The Morgan fingerprint density at radius 1 is 0.881 bits per heavy atom. The average Bonchev–Trinajstić information content (AvgIpc) is 3.01. The lowest BCUT2D eigenvalue weighted by atomic mass is 9.97. The summed E-state index contributed by atoms with van der Waals surface area (Å²) in [5.41, 5.74) is 1.38. The molecule has 216 valence electrons. The van der Waals surface area contributed by atoms with E-state index in [1.54, 1.807) is 6.07 Å². The molecule has 4 aromatic carbocycles. The third kappa shape index (κ3) is 5.96. The number of fused-ring (bicyclic) bond motifs is 1. The number of nitrogens with one attached hydrogen (secondary N) is 1. The van der Waals surface area contributed by atoms with Gasteiger partial charge < -0.3 is 13.8 Å². The van der Waals surface area contributed by atoms with E-state index in [-0.39, 0.29) is 11.5 Å². The highest BCUT2D eigenvalue weighted by atomic mass is 35.5. The number of benzene rings is 4. The third-order valence-corrected chi connectivity index (χ3v) is 13.9. The Morgan fingerprint density at radius 3 is 2.00 bits per heavy atom. The molecule has 2 heterocycles. The molecule has 9 heteroatoms. The Bertz CT molecular complexity index is 1660. The van der Waals surface area contributed by atoms with E-state index in [2.05, 4.69) is 29.4 Å². The third-order valence-electron chi connectivity index (χ3n) is 7.38. The Morgan fingerprint density at radius 2 is 1.43 bits per heavy atom. The van der Waals surface area contributed by atoms with E-state index < -0.39 is 13.8 Å². The summed E-state index contributed by atoms with van der Waals surface area (Å²) in [6.07, 6.45) is -2.16. The molecule has 1 saturated heterocycles. The van der Waals surface area contributed by atoms with Crippen molar-refractivity contribution in [2.45, 2.75) is 26.3 Å². The van der Waals surface area contributed by atoms with Gasteiger partial charge in [0.2, 0.25) is 0 Å². The molecular weight excluding hydrogens is 604 g/mol. The van der Waals surface area contributed by atoms with Gasteiger partial charge >= 0.3 is 7.60 Å². The summed E-state index contributed by atoms with van der Waals surface area (Å²) in [5.74, 6) is 1.15. The van der Waals surface area contributed by atoms with Crippen LogP contribution in [0.15, 0.2) is 115 Å². The van der Waals surface area contributed by atoms with Crippen molar-refractivity contribution in [1.29, 1.82) is 0 Å². The molecule has 1 unspecified atom stereocenters. The van der Waals surface area contributed by atoms with Gasteiger partial charge in [0.15, 0.2) is 0 Å². The maximum atomic E-state index is 14.5. The van der Waals surface area contributed by atoms with E-state index in [9.17, 15) is 4.57 Å². The summed E-state index contributed by atoms with van der Waals surface area (Å²) in [7, 11) is -3.73. The monoisotopic (exact) mass is 635 g/mol. The maximum absolute atomic E-state index is 14.5. The molecular formula is C33H32ClNO4P2S. The van der Waals surface area contributed by atoms with Gasteiger partial charge in [-0.15, -0.1) is 0 Å². The summed E-state index contributed by atoms with van der Waals surface area (Å²) < 4.78 is 33.2. The van der Waals surface area contributed by atoms with Crippen LogP contribution < -0.4 is 20.4 Å². The van der Waals surface area contributed by atoms with Crippen LogP contribution in [0, 0.1) is 5.41 Å². The van der Waals surface area contributed by atoms with Crippen molar-refractivity contribution in [3.8, 4) is 5.75 Å². The first kappa shape index (κ1) is 29.5. The van der Waals surface area contributed by atoms with Crippen molar-refractivity contribution < 1.29 is 18.3 Å². The highest BCUT2D eigenvalue weighted by Gasteiger charge is 2.44. The van der Waals surface area contributed by atoms with Crippen molar-refractivity contribution >= 4 is 53.1 Å². The van der Waals surface area contributed by atoms with Crippen LogP contribution >= 0.6 is 25.4 Å². The van der Waals surface area contributed by atoms with Crippen LogP contribution in [-0.2, 0) is 25.4 Å². The van der Waals surface area contributed by atoms with Gasteiger partial charge in [-0.1, -0.05) is 128 Å². The lowest BCUT2D eigenvalue weighted by Gasteiger charge is -2.38. The van der Waals surface area contributed by atoms with E-state index in [1.807, 2.05) is 92.7 Å². The molecule has 4 aromatic rings. The number of hydrogen-bond acceptors (Lipinski definition) is 5. The first-order valence-electron chi connectivity index (χ1n) is 13.8. The van der Waals surface area contributed by atoms with Crippen molar-refractivity contribution in [3.05, 3.63) is 131 Å². The summed E-state index contributed by atoms with van der Waals surface area (Å²) in [5, 5.41) is 7.03. The predicted molar refractivity (Wildman–Crippen MR) is 176 cm³/mol. The van der Waals surface area contributed by atoms with Crippen LogP contribution in [0.25, 0.3) is 5.31 Å². The summed E-state index contributed by atoms with van der Waals surface area (Å²) in [4.78, 5) is 0. The van der Waals surface area contributed by atoms with Crippen molar-refractivity contribution in [2.24, 2.45) is 5.41 Å². The second-order valence-electron chi connectivity index (χ2n) is 11.3. The Kier molecular flexibility index (Phi) is 8.34. The van der Waals surface area contributed by atoms with Crippen LogP contribution in [0.2, 0.25) is 5.02 Å². The van der Waals surface area contributed by atoms with Crippen molar-refractivity contribution in [3.63, 3.8) is 0 Å². The number of rotatable bonds is 6. The number of halogens is 1. The average molecular weight is 636 g/mol. The van der Waals surface area contributed by atoms with Gasteiger partial charge in [0, 0.05) is 39.1 Å². The largest absolute Gasteiger partial charge is 0.460 e. The van der Waals surface area contributed by atoms with Crippen molar-refractivity contribution in [1.82, 2.24) is 5.09 Å². The fourth-order valence-corrected chi connectivity index (χ4v) is 11.2. The smallest absolute Gasteiger partial charge is 0.365 e. The Hall–Kier alpha value is -2.53. The zero-order chi connectivity index (χ0) is 29.4. The fraction of sp³-hybridized carbons (Fsp3) is 0.212. The second-order valence-corrected chi connectivity index (χ2v) is 17.8. The molecule has 42 heavy (non-hydrogen) atoms. The van der Waals surface area contributed by atoms with E-state index in [1.165, 1.54) is 0 Å². The SMILES string of the molecule is CC1(C)COP(=O)(/C(=C2/CC(NP(=S)(c3ccccc3)c3ccccc3)c3cc(Cl)ccc3O2)c2ccccc2)OC1. The minimum atomic E-state index is -3.73. The quantitative estimate of drug-likeness (QED) is 0.215. The molecule has 1 atom stereocenters. The molecule has 1 N–H and O–H groups in total. The molecule has 0 amide bonds. The van der Waals surface area contributed by atoms with Gasteiger partial charge in [-0.3, -0.25) is 9.65 Å². The van der Waals surface area contributed by atoms with E-state index in [4.69, 9.17) is 37.2 Å². The molecule has 0 radical (unpaired) electrons. The highest BCUT2D eigenvalue weighted by Crippen LogP contribution is 2.66. The lowest BCUT2D eigenvalue weighted by molar-refractivity contribution is 0.0465. The molecule has 2 aliphatic rings. The standard InChI is InChI=1S/C33H32ClNO4P2S/c1-33(2)22-37-41(36,38-23-33)32(24-12-6-3-7-13-24)31-21-29(28-20-25(34)18-19-30(28)39-31)35-40(42,26-14-8-4-9-15-26)27-16-10-5-11-17-27/h3-20,29H,21-23H2,1-2H3,(H,35,42)/b32-31-. The lowest BCUT2D eigenvalue weighted by Crippen LogP contribution is -2.33. The van der Waals surface area contributed by atoms with Crippen LogP contribution in [0.5, 0.6) is 5.75 Å². The van der Waals surface area contributed by atoms with Crippen LogP contribution in [-0.4, -0.2) is 13.2 Å². The van der Waals surface area contributed by atoms with E-state index >= 15 is 0 Å². The molecule has 0 spiro atoms. The number of ether oxygens (including phenoxy) is 1. The van der Waals surface area contributed by atoms with Gasteiger partial charge in [0.25, 0.3) is 0 Å². The Labute approximate surface area is 257 Å². The van der Waals surface area contributed by atoms with Gasteiger partial charge in [0.1, 0.15) is 16.8 Å². The predicted octanol–water partition coefficient (Wildman–Crippen LogP) is 8.43. The minimum Gasteiger partial charge on any atom is -0.460 e. The maximum Gasteiger partial charge on any atom is 0.365 e. The normalized spacial score (nSPS) is 20.7. The first-order valence-corrected chi connectivity index (χ1v) is 18.5. The van der Waals surface area contributed by atoms with Gasteiger partial charge in [-0.25, -0.2) is 0 Å². The molecule has 6 rings (SSSR count). The zero-order valence-electron chi connectivity index (χ0n) is 23.4.